The summed E-state index contributed by atoms with van der Waals surface area (Å²) in [7, 11) is 1.51. The number of esters is 1. The maximum atomic E-state index is 11.5. The minimum Gasteiger partial charge on any atom is -0.493 e. The summed E-state index contributed by atoms with van der Waals surface area (Å²) in [6, 6.07) is 8.85. The number of hydrogen-bond donors (Lipinski definition) is 1. The predicted octanol–water partition coefficient (Wildman–Crippen LogP) is 4.83. The van der Waals surface area contributed by atoms with Gasteiger partial charge in [-0.2, -0.15) is 5.10 Å². The van der Waals surface area contributed by atoms with Crippen molar-refractivity contribution in [2.75, 3.05) is 20.3 Å². The van der Waals surface area contributed by atoms with E-state index in [1.807, 2.05) is 0 Å². The van der Waals surface area contributed by atoms with Crippen molar-refractivity contribution >= 4 is 51.3 Å². The molecular weight excluding hydrogens is 471 g/mol. The Morgan fingerprint density at radius 3 is 2.64 bits per heavy atom. The molecule has 1 N–H and O–H groups in total. The van der Waals surface area contributed by atoms with Crippen LogP contribution in [0, 0.1) is 0 Å². The van der Waals surface area contributed by atoms with Crippen LogP contribution in [0.1, 0.15) is 18.1 Å². The minimum absolute atomic E-state index is 0.212. The van der Waals surface area contributed by atoms with Crippen molar-refractivity contribution in [1.29, 1.82) is 0 Å². The van der Waals surface area contributed by atoms with Crippen molar-refractivity contribution in [3.05, 3.63) is 56.0 Å². The highest BCUT2D eigenvalue weighted by Gasteiger charge is 2.13. The molecule has 0 aliphatic rings. The van der Waals surface area contributed by atoms with Gasteiger partial charge < -0.3 is 19.6 Å². The molecule has 28 heavy (non-hydrogen) atoms. The molecule has 0 fully saturated rings. The molecule has 2 aromatic carbocycles. The number of carbonyl (C=O) groups is 1. The lowest BCUT2D eigenvalue weighted by atomic mass is 10.2. The van der Waals surface area contributed by atoms with Crippen molar-refractivity contribution in [3.8, 4) is 11.5 Å². The standard InChI is InChI=1S/C19H19BrCl2N2O4/c1-3-27-18(25)11-28-19-14(20)7-12(8-17(19)26-2)9-23-24-10-13-15(21)5-4-6-16(13)22/h4-9,24H,3,10-11H2,1-2H3/b23-9-. The van der Waals surface area contributed by atoms with Crippen LogP contribution in [0.4, 0.5) is 0 Å². The Hall–Kier alpha value is -1.96. The van der Waals surface area contributed by atoms with E-state index >= 15 is 0 Å². The Bertz CT molecular complexity index is 842. The Morgan fingerprint density at radius 2 is 2.00 bits per heavy atom. The molecule has 0 unspecified atom stereocenters. The third-order valence-corrected chi connectivity index (χ3v) is 4.81. The summed E-state index contributed by atoms with van der Waals surface area (Å²) in [5.41, 5.74) is 4.43. The summed E-state index contributed by atoms with van der Waals surface area (Å²) in [6.45, 7) is 2.20. The lowest BCUT2D eigenvalue weighted by Crippen LogP contribution is -2.15. The smallest absolute Gasteiger partial charge is 0.344 e. The van der Waals surface area contributed by atoms with Crippen LogP contribution in [-0.4, -0.2) is 32.5 Å². The van der Waals surface area contributed by atoms with E-state index < -0.39 is 5.97 Å². The van der Waals surface area contributed by atoms with E-state index in [-0.39, 0.29) is 6.61 Å². The normalized spacial score (nSPS) is 10.8. The van der Waals surface area contributed by atoms with Gasteiger partial charge in [-0.1, -0.05) is 29.3 Å². The molecule has 2 aromatic rings. The fourth-order valence-corrected chi connectivity index (χ4v) is 3.34. The summed E-state index contributed by atoms with van der Waals surface area (Å²) in [4.78, 5) is 11.5. The zero-order valence-electron chi connectivity index (χ0n) is 15.3. The van der Waals surface area contributed by atoms with E-state index in [0.717, 1.165) is 11.1 Å². The van der Waals surface area contributed by atoms with Gasteiger partial charge in [-0.05, 0) is 52.7 Å². The first-order valence-corrected chi connectivity index (χ1v) is 9.85. The maximum absolute atomic E-state index is 11.5. The zero-order valence-corrected chi connectivity index (χ0v) is 18.4. The lowest BCUT2D eigenvalue weighted by molar-refractivity contribution is -0.145. The molecule has 0 bridgehead atoms. The highest BCUT2D eigenvalue weighted by molar-refractivity contribution is 9.10. The second-order valence-corrected chi connectivity index (χ2v) is 7.09. The zero-order chi connectivity index (χ0) is 20.5. The fourth-order valence-electron chi connectivity index (χ4n) is 2.23. The molecule has 0 amide bonds. The number of benzene rings is 2. The maximum Gasteiger partial charge on any atom is 0.344 e. The van der Waals surface area contributed by atoms with Crippen LogP contribution in [0.5, 0.6) is 11.5 Å². The van der Waals surface area contributed by atoms with Gasteiger partial charge in [0.05, 0.1) is 30.9 Å². The molecular formula is C19H19BrCl2N2O4. The van der Waals surface area contributed by atoms with E-state index in [0.29, 0.717) is 39.2 Å². The Kier molecular flexibility index (Phi) is 8.89. The van der Waals surface area contributed by atoms with Crippen LogP contribution in [0.15, 0.2) is 39.9 Å². The van der Waals surface area contributed by atoms with Crippen LogP contribution >= 0.6 is 39.1 Å². The van der Waals surface area contributed by atoms with E-state index in [1.54, 1.807) is 43.5 Å². The first-order chi connectivity index (χ1) is 13.5. The molecule has 0 aliphatic carbocycles. The van der Waals surface area contributed by atoms with Gasteiger partial charge in [0, 0.05) is 15.6 Å². The largest absolute Gasteiger partial charge is 0.493 e. The van der Waals surface area contributed by atoms with Gasteiger partial charge >= 0.3 is 5.97 Å². The highest BCUT2D eigenvalue weighted by Crippen LogP contribution is 2.36. The van der Waals surface area contributed by atoms with E-state index in [4.69, 9.17) is 37.4 Å². The number of nitrogens with one attached hydrogen (secondary N) is 1. The van der Waals surface area contributed by atoms with Gasteiger partial charge in [0.2, 0.25) is 0 Å². The number of methoxy groups -OCH3 is 1. The molecule has 0 atom stereocenters. The summed E-state index contributed by atoms with van der Waals surface area (Å²) in [5.74, 6) is 0.405. The average molecular weight is 490 g/mol. The lowest BCUT2D eigenvalue weighted by Gasteiger charge is -2.13. The minimum atomic E-state index is -0.454. The van der Waals surface area contributed by atoms with E-state index in [2.05, 4.69) is 26.5 Å². The summed E-state index contributed by atoms with van der Waals surface area (Å²) in [5, 5.41) is 5.32. The van der Waals surface area contributed by atoms with Gasteiger partial charge in [0.1, 0.15) is 0 Å². The molecule has 0 spiro atoms. The van der Waals surface area contributed by atoms with Crippen molar-refractivity contribution in [3.63, 3.8) is 0 Å². The average Bonchev–Trinajstić information content (AvgIpc) is 2.66. The summed E-state index contributed by atoms with van der Waals surface area (Å²) in [6.07, 6.45) is 1.62. The molecule has 0 saturated carbocycles. The number of ether oxygens (including phenoxy) is 3. The Morgan fingerprint density at radius 1 is 1.29 bits per heavy atom. The topological polar surface area (TPSA) is 69.2 Å². The number of rotatable bonds is 9. The summed E-state index contributed by atoms with van der Waals surface area (Å²) >= 11 is 15.7. The van der Waals surface area contributed by atoms with Gasteiger partial charge in [0.15, 0.2) is 18.1 Å². The number of carbonyl (C=O) groups excluding carboxylic acids is 1. The Labute approximate surface area is 181 Å². The van der Waals surface area contributed by atoms with Crippen molar-refractivity contribution in [2.45, 2.75) is 13.5 Å². The number of nitrogens with zero attached hydrogens (tertiary/aromatic N) is 1. The van der Waals surface area contributed by atoms with Crippen LogP contribution in [0.25, 0.3) is 0 Å². The molecule has 0 radical (unpaired) electrons. The third kappa shape index (κ3) is 6.29. The number of halogens is 3. The van der Waals surface area contributed by atoms with Gasteiger partial charge in [-0.3, -0.25) is 0 Å². The van der Waals surface area contributed by atoms with E-state index in [1.165, 1.54) is 7.11 Å². The van der Waals surface area contributed by atoms with Gasteiger partial charge in [-0.15, -0.1) is 0 Å². The molecule has 0 heterocycles. The molecule has 9 heteroatoms. The van der Waals surface area contributed by atoms with Crippen molar-refractivity contribution < 1.29 is 19.0 Å². The van der Waals surface area contributed by atoms with Crippen LogP contribution < -0.4 is 14.9 Å². The number of hydrazone groups is 1. The summed E-state index contributed by atoms with van der Waals surface area (Å²) < 4.78 is 16.3. The third-order valence-electron chi connectivity index (χ3n) is 3.51. The fraction of sp³-hybridized carbons (Fsp3) is 0.263. The second-order valence-electron chi connectivity index (χ2n) is 5.42. The molecule has 0 saturated heterocycles. The predicted molar refractivity (Wildman–Crippen MR) is 114 cm³/mol. The highest BCUT2D eigenvalue weighted by atomic mass is 79.9. The van der Waals surface area contributed by atoms with Gasteiger partial charge in [-0.25, -0.2) is 4.79 Å². The number of hydrogen-bond acceptors (Lipinski definition) is 6. The SMILES string of the molecule is CCOC(=O)COc1c(Br)cc(/C=N\NCc2c(Cl)cccc2Cl)cc1OC. The monoisotopic (exact) mass is 488 g/mol. The molecule has 150 valence electrons. The first-order valence-electron chi connectivity index (χ1n) is 8.31. The van der Waals surface area contributed by atoms with Crippen molar-refractivity contribution in [2.24, 2.45) is 5.10 Å². The first kappa shape index (κ1) is 22.3. The molecule has 2 rings (SSSR count). The van der Waals surface area contributed by atoms with Crippen LogP contribution in [-0.2, 0) is 16.1 Å². The van der Waals surface area contributed by atoms with E-state index in [9.17, 15) is 4.79 Å². The van der Waals surface area contributed by atoms with Crippen LogP contribution in [0.3, 0.4) is 0 Å². The van der Waals surface area contributed by atoms with Gasteiger partial charge in [0.25, 0.3) is 0 Å². The van der Waals surface area contributed by atoms with Crippen LogP contribution in [0.2, 0.25) is 10.0 Å². The second kappa shape index (κ2) is 11.1. The quantitative estimate of drug-likeness (QED) is 0.310. The molecule has 6 nitrogen and oxygen atoms in total. The molecule has 0 aromatic heterocycles. The molecule has 0 aliphatic heterocycles. The Balaban J connectivity index is 2.04. The van der Waals surface area contributed by atoms with Crippen molar-refractivity contribution in [1.82, 2.24) is 5.43 Å².